The highest BCUT2D eigenvalue weighted by Crippen LogP contribution is 2.57. The number of hydrogen-bond acceptors (Lipinski definition) is 1. The van der Waals surface area contributed by atoms with Crippen molar-refractivity contribution in [2.24, 2.45) is 0 Å². The zero-order chi connectivity index (χ0) is 17.7. The minimum Gasteiger partial charge on any atom is -0.482 e. The fourth-order valence-electron chi connectivity index (χ4n) is 4.21. The summed E-state index contributed by atoms with van der Waals surface area (Å²) in [6.45, 7) is 4.35. The smallest absolute Gasteiger partial charge is 0.136 e. The molecule has 126 valence electrons. The third-order valence-corrected chi connectivity index (χ3v) is 5.25. The van der Waals surface area contributed by atoms with Crippen molar-refractivity contribution in [3.63, 3.8) is 0 Å². The van der Waals surface area contributed by atoms with Gasteiger partial charge in [0.05, 0.1) is 0 Å². The van der Waals surface area contributed by atoms with Crippen molar-refractivity contribution in [1.29, 1.82) is 0 Å². The van der Waals surface area contributed by atoms with Gasteiger partial charge in [0, 0.05) is 16.7 Å². The molecule has 2 aliphatic rings. The van der Waals surface area contributed by atoms with Crippen LogP contribution in [0.4, 0.5) is 0 Å². The third-order valence-electron chi connectivity index (χ3n) is 5.25. The average Bonchev–Trinajstić information content (AvgIpc) is 3.17. The largest absolute Gasteiger partial charge is 0.482 e. The Morgan fingerprint density at radius 3 is 1.69 bits per heavy atom. The Labute approximate surface area is 154 Å². The molecule has 3 aromatic rings. The molecule has 0 unspecified atom stereocenters. The highest BCUT2D eigenvalue weighted by atomic mass is 16.5. The van der Waals surface area contributed by atoms with E-state index in [1.807, 2.05) is 6.07 Å². The van der Waals surface area contributed by atoms with Gasteiger partial charge < -0.3 is 4.74 Å². The van der Waals surface area contributed by atoms with Gasteiger partial charge in [-0.25, -0.2) is 0 Å². The quantitative estimate of drug-likeness (QED) is 0.543. The molecule has 1 nitrogen and oxygen atoms in total. The molecule has 0 spiro atoms. The molecule has 0 N–H and O–H groups in total. The molecular formula is C25H20O. The predicted molar refractivity (Wildman–Crippen MR) is 107 cm³/mol. The summed E-state index contributed by atoms with van der Waals surface area (Å²) in [4.78, 5) is 0. The van der Waals surface area contributed by atoms with Crippen LogP contribution in [0.15, 0.2) is 90.5 Å². The van der Waals surface area contributed by atoms with Gasteiger partial charge in [-0.2, -0.15) is 0 Å². The number of benzene rings is 3. The molecule has 0 aromatic heterocycles. The van der Waals surface area contributed by atoms with Crippen molar-refractivity contribution in [2.75, 3.05) is 0 Å². The van der Waals surface area contributed by atoms with Crippen LogP contribution in [0.25, 0.3) is 16.9 Å². The molecule has 0 saturated heterocycles. The van der Waals surface area contributed by atoms with E-state index in [4.69, 9.17) is 4.74 Å². The fraction of sp³-hybridized carbons (Fsp3) is 0.120. The number of fused-ring (bicyclic) bond motifs is 3. The topological polar surface area (TPSA) is 9.23 Å². The summed E-state index contributed by atoms with van der Waals surface area (Å²) in [5.41, 5.74) is 8.42. The van der Waals surface area contributed by atoms with Crippen molar-refractivity contribution in [3.05, 3.63) is 113 Å². The van der Waals surface area contributed by atoms with Crippen molar-refractivity contribution < 1.29 is 4.74 Å². The summed E-state index contributed by atoms with van der Waals surface area (Å²) in [5, 5.41) is 0. The molecule has 1 heterocycles. The summed E-state index contributed by atoms with van der Waals surface area (Å²) >= 11 is 0. The lowest BCUT2D eigenvalue weighted by Crippen LogP contribution is -2.21. The van der Waals surface area contributed by atoms with Gasteiger partial charge in [0.2, 0.25) is 0 Å². The second-order valence-corrected chi connectivity index (χ2v) is 7.34. The van der Waals surface area contributed by atoms with Gasteiger partial charge in [0.25, 0.3) is 0 Å². The molecule has 0 fully saturated rings. The van der Waals surface area contributed by atoms with E-state index in [2.05, 4.69) is 92.7 Å². The Morgan fingerprint density at radius 2 is 1.08 bits per heavy atom. The van der Waals surface area contributed by atoms with E-state index >= 15 is 0 Å². The second-order valence-electron chi connectivity index (χ2n) is 7.34. The van der Waals surface area contributed by atoms with Gasteiger partial charge in [0.15, 0.2) is 0 Å². The molecule has 26 heavy (non-hydrogen) atoms. The van der Waals surface area contributed by atoms with Gasteiger partial charge >= 0.3 is 0 Å². The number of rotatable bonds is 2. The molecule has 1 aliphatic carbocycles. The zero-order valence-corrected chi connectivity index (χ0v) is 15.0. The van der Waals surface area contributed by atoms with Gasteiger partial charge in [-0.15, -0.1) is 0 Å². The van der Waals surface area contributed by atoms with E-state index in [0.29, 0.717) is 0 Å². The zero-order valence-electron chi connectivity index (χ0n) is 15.0. The Kier molecular flexibility index (Phi) is 3.20. The maximum absolute atomic E-state index is 6.53. The normalized spacial score (nSPS) is 17.2. The summed E-state index contributed by atoms with van der Waals surface area (Å²) in [6, 6.07) is 29.8. The van der Waals surface area contributed by atoms with Crippen LogP contribution in [-0.4, -0.2) is 5.60 Å². The minimum atomic E-state index is -0.370. The van der Waals surface area contributed by atoms with Gasteiger partial charge in [0.1, 0.15) is 11.4 Å². The molecule has 5 rings (SSSR count). The van der Waals surface area contributed by atoms with Crippen molar-refractivity contribution in [3.8, 4) is 0 Å². The Morgan fingerprint density at radius 1 is 0.577 bits per heavy atom. The first-order chi connectivity index (χ1) is 12.7. The highest BCUT2D eigenvalue weighted by molar-refractivity contribution is 6.13. The van der Waals surface area contributed by atoms with Crippen LogP contribution in [-0.2, 0) is 4.74 Å². The van der Waals surface area contributed by atoms with E-state index in [1.165, 1.54) is 33.4 Å². The van der Waals surface area contributed by atoms with Crippen LogP contribution in [0.2, 0.25) is 0 Å². The molecule has 0 saturated carbocycles. The first-order valence-corrected chi connectivity index (χ1v) is 9.06. The van der Waals surface area contributed by atoms with Gasteiger partial charge in [-0.1, -0.05) is 84.9 Å². The van der Waals surface area contributed by atoms with Crippen molar-refractivity contribution in [2.45, 2.75) is 19.4 Å². The maximum atomic E-state index is 6.53. The number of hydrogen-bond donors (Lipinski definition) is 0. The fourth-order valence-corrected chi connectivity index (χ4v) is 4.21. The van der Waals surface area contributed by atoms with Crippen molar-refractivity contribution >= 4 is 16.9 Å². The molecule has 0 bridgehead atoms. The first-order valence-electron chi connectivity index (χ1n) is 9.06. The molecular weight excluding hydrogens is 316 g/mol. The lowest BCUT2D eigenvalue weighted by Gasteiger charge is -2.24. The molecule has 3 aromatic carbocycles. The molecule has 0 amide bonds. The lowest BCUT2D eigenvalue weighted by molar-refractivity contribution is 0.133. The minimum absolute atomic E-state index is 0.370. The third kappa shape index (κ3) is 2.10. The maximum Gasteiger partial charge on any atom is 0.136 e. The summed E-state index contributed by atoms with van der Waals surface area (Å²) < 4.78 is 6.53. The van der Waals surface area contributed by atoms with Crippen LogP contribution in [0.1, 0.15) is 36.1 Å². The van der Waals surface area contributed by atoms with Gasteiger partial charge in [-0.3, -0.25) is 0 Å². The van der Waals surface area contributed by atoms with Crippen LogP contribution < -0.4 is 0 Å². The number of ether oxygens (including phenoxy) is 1. The van der Waals surface area contributed by atoms with Crippen molar-refractivity contribution in [1.82, 2.24) is 0 Å². The Balaban J connectivity index is 1.88. The molecule has 0 radical (unpaired) electrons. The SMILES string of the molecule is CC1(C)OC(c2ccccc2)=C2C1=C(c1ccccc1)c1ccccc12. The second kappa shape index (κ2) is 5.47. The molecule has 1 aliphatic heterocycles. The molecule has 1 heteroatoms. The van der Waals surface area contributed by atoms with Gasteiger partial charge in [-0.05, 0) is 36.1 Å². The molecule has 0 atom stereocenters. The van der Waals surface area contributed by atoms with E-state index in [0.717, 1.165) is 11.3 Å². The Hall–Kier alpha value is -3.06. The van der Waals surface area contributed by atoms with Crippen LogP contribution in [0.5, 0.6) is 0 Å². The van der Waals surface area contributed by atoms with Crippen LogP contribution in [0.3, 0.4) is 0 Å². The van der Waals surface area contributed by atoms with E-state index in [1.54, 1.807) is 0 Å². The first kappa shape index (κ1) is 15.2. The van der Waals surface area contributed by atoms with E-state index in [9.17, 15) is 0 Å². The van der Waals surface area contributed by atoms with E-state index < -0.39 is 0 Å². The summed E-state index contributed by atoms with van der Waals surface area (Å²) in [7, 11) is 0. The van der Waals surface area contributed by atoms with Crippen LogP contribution in [0, 0.1) is 0 Å². The lowest BCUT2D eigenvalue weighted by atomic mass is 9.89. The summed E-state index contributed by atoms with van der Waals surface area (Å²) in [6.07, 6.45) is 0. The van der Waals surface area contributed by atoms with E-state index in [-0.39, 0.29) is 5.60 Å². The Bertz CT molecular complexity index is 1050. The predicted octanol–water partition coefficient (Wildman–Crippen LogP) is 6.18. The van der Waals surface area contributed by atoms with Crippen LogP contribution >= 0.6 is 0 Å². The average molecular weight is 336 g/mol. The standard InChI is InChI=1S/C25H20O/c1-25(2)23-21(17-11-5-3-6-12-17)19-15-9-10-16-20(19)22(23)24(26-25)18-13-7-4-8-14-18/h3-16H,1-2H3. The summed E-state index contributed by atoms with van der Waals surface area (Å²) in [5.74, 6) is 0.990. The monoisotopic (exact) mass is 336 g/mol. The highest BCUT2D eigenvalue weighted by Gasteiger charge is 2.45.